The molecular formula is C26H30N2O3S. The van der Waals surface area contributed by atoms with Gasteiger partial charge in [0, 0.05) is 38.3 Å². The highest BCUT2D eigenvalue weighted by Gasteiger charge is 2.23. The summed E-state index contributed by atoms with van der Waals surface area (Å²) in [7, 11) is 1.64. The number of hydrogen-bond donors (Lipinski definition) is 0. The first kappa shape index (κ1) is 22.4. The summed E-state index contributed by atoms with van der Waals surface area (Å²) in [4.78, 5) is 18.1. The lowest BCUT2D eigenvalue weighted by molar-refractivity contribution is 0.0633. The minimum atomic E-state index is 0.115. The SMILES string of the molecule is COc1cc(C)ccc1OCc1csc(C(=O)N2CCN(Cc3ccc(C)cc3)CC2)c1. The number of ether oxygens (including phenoxy) is 2. The van der Waals surface area contributed by atoms with Gasteiger partial charge in [-0.25, -0.2) is 0 Å². The Bertz CT molecular complexity index is 1050. The van der Waals surface area contributed by atoms with Gasteiger partial charge in [0.1, 0.15) is 6.61 Å². The van der Waals surface area contributed by atoms with E-state index in [9.17, 15) is 4.79 Å². The second-order valence-electron chi connectivity index (χ2n) is 8.32. The van der Waals surface area contributed by atoms with E-state index in [1.807, 2.05) is 41.5 Å². The first-order chi connectivity index (χ1) is 15.5. The lowest BCUT2D eigenvalue weighted by atomic mass is 10.1. The van der Waals surface area contributed by atoms with Crippen molar-refractivity contribution >= 4 is 17.2 Å². The summed E-state index contributed by atoms with van der Waals surface area (Å²) in [5.41, 5.74) is 4.72. The van der Waals surface area contributed by atoms with E-state index in [1.165, 1.54) is 22.5 Å². The number of piperazine rings is 1. The summed E-state index contributed by atoms with van der Waals surface area (Å²) in [6.45, 7) is 8.78. The molecule has 0 spiro atoms. The molecule has 1 aliphatic heterocycles. The monoisotopic (exact) mass is 450 g/mol. The van der Waals surface area contributed by atoms with Crippen LogP contribution in [0.3, 0.4) is 0 Å². The lowest BCUT2D eigenvalue weighted by Gasteiger charge is -2.34. The zero-order chi connectivity index (χ0) is 22.5. The molecule has 0 unspecified atom stereocenters. The van der Waals surface area contributed by atoms with Crippen LogP contribution in [0, 0.1) is 13.8 Å². The molecule has 0 bridgehead atoms. The molecule has 4 rings (SSSR count). The van der Waals surface area contributed by atoms with Gasteiger partial charge in [0.25, 0.3) is 5.91 Å². The summed E-state index contributed by atoms with van der Waals surface area (Å²) in [5, 5.41) is 2.00. The van der Waals surface area contributed by atoms with Crippen molar-refractivity contribution in [1.29, 1.82) is 0 Å². The van der Waals surface area contributed by atoms with Crippen molar-refractivity contribution in [2.45, 2.75) is 27.0 Å². The van der Waals surface area contributed by atoms with Gasteiger partial charge in [-0.1, -0.05) is 35.9 Å². The molecule has 2 aromatic carbocycles. The molecule has 5 nitrogen and oxygen atoms in total. The third kappa shape index (κ3) is 5.50. The first-order valence-electron chi connectivity index (χ1n) is 10.9. The zero-order valence-corrected chi connectivity index (χ0v) is 19.8. The molecule has 1 aliphatic rings. The lowest BCUT2D eigenvalue weighted by Crippen LogP contribution is -2.48. The van der Waals surface area contributed by atoms with Gasteiger partial charge in [-0.2, -0.15) is 0 Å². The quantitative estimate of drug-likeness (QED) is 0.513. The van der Waals surface area contributed by atoms with Gasteiger partial charge in [-0.15, -0.1) is 11.3 Å². The van der Waals surface area contributed by atoms with Crippen molar-refractivity contribution in [3.05, 3.63) is 81.0 Å². The predicted octanol–water partition coefficient (Wildman–Crippen LogP) is 4.91. The summed E-state index contributed by atoms with van der Waals surface area (Å²) < 4.78 is 11.3. The van der Waals surface area contributed by atoms with Crippen LogP contribution in [0.15, 0.2) is 53.9 Å². The average molecular weight is 451 g/mol. The van der Waals surface area contributed by atoms with Crippen LogP contribution < -0.4 is 9.47 Å². The topological polar surface area (TPSA) is 42.0 Å². The van der Waals surface area contributed by atoms with E-state index in [0.29, 0.717) is 12.4 Å². The van der Waals surface area contributed by atoms with Gasteiger partial charge in [0.05, 0.1) is 12.0 Å². The number of carbonyl (C=O) groups is 1. The predicted molar refractivity (Wildman–Crippen MR) is 129 cm³/mol. The standard InChI is InChI=1S/C26H30N2O3S/c1-19-4-7-21(8-5-19)16-27-10-12-28(13-11-27)26(29)25-15-22(18-32-25)17-31-23-9-6-20(2)14-24(23)30-3/h4-9,14-15,18H,10-13,16-17H2,1-3H3. The van der Waals surface area contributed by atoms with E-state index in [1.54, 1.807) is 7.11 Å². The van der Waals surface area contributed by atoms with Crippen LogP contribution in [-0.4, -0.2) is 49.0 Å². The Kier molecular flexibility index (Phi) is 7.12. The molecule has 32 heavy (non-hydrogen) atoms. The second-order valence-corrected chi connectivity index (χ2v) is 9.23. The van der Waals surface area contributed by atoms with E-state index >= 15 is 0 Å². The zero-order valence-electron chi connectivity index (χ0n) is 19.0. The Balaban J connectivity index is 1.29. The van der Waals surface area contributed by atoms with Crippen LogP contribution in [0.5, 0.6) is 11.5 Å². The molecule has 1 amide bonds. The highest BCUT2D eigenvalue weighted by molar-refractivity contribution is 7.12. The van der Waals surface area contributed by atoms with E-state index in [-0.39, 0.29) is 5.91 Å². The molecule has 3 aromatic rings. The number of amides is 1. The van der Waals surface area contributed by atoms with Crippen LogP contribution in [-0.2, 0) is 13.2 Å². The van der Waals surface area contributed by atoms with Gasteiger partial charge in [-0.3, -0.25) is 9.69 Å². The summed E-state index contributed by atoms with van der Waals surface area (Å²) in [6, 6.07) is 16.5. The number of benzene rings is 2. The number of carbonyl (C=O) groups excluding carboxylic acids is 1. The maximum atomic E-state index is 13.0. The molecule has 0 radical (unpaired) electrons. The van der Waals surface area contributed by atoms with Crippen molar-refractivity contribution < 1.29 is 14.3 Å². The van der Waals surface area contributed by atoms with Crippen molar-refractivity contribution in [2.24, 2.45) is 0 Å². The van der Waals surface area contributed by atoms with Crippen LogP contribution in [0.4, 0.5) is 0 Å². The fourth-order valence-corrected chi connectivity index (χ4v) is 4.70. The first-order valence-corrected chi connectivity index (χ1v) is 11.8. The average Bonchev–Trinajstić information content (AvgIpc) is 3.29. The number of hydrogen-bond acceptors (Lipinski definition) is 5. The highest BCUT2D eigenvalue weighted by Crippen LogP contribution is 2.29. The van der Waals surface area contributed by atoms with E-state index in [0.717, 1.165) is 54.5 Å². The number of methoxy groups -OCH3 is 1. The Hall–Kier alpha value is -2.83. The Morgan fingerprint density at radius 2 is 1.62 bits per heavy atom. The molecule has 6 heteroatoms. The molecule has 0 saturated carbocycles. The minimum absolute atomic E-state index is 0.115. The Labute approximate surface area is 194 Å². The maximum Gasteiger partial charge on any atom is 0.264 e. The van der Waals surface area contributed by atoms with Gasteiger partial charge in [-0.05, 0) is 48.6 Å². The summed E-state index contributed by atoms with van der Waals surface area (Å²) in [5.74, 6) is 1.55. The fourth-order valence-electron chi connectivity index (χ4n) is 3.84. The van der Waals surface area contributed by atoms with E-state index < -0.39 is 0 Å². The van der Waals surface area contributed by atoms with Gasteiger partial charge in [0.2, 0.25) is 0 Å². The molecule has 168 valence electrons. The molecule has 1 saturated heterocycles. The summed E-state index contributed by atoms with van der Waals surface area (Å²) in [6.07, 6.45) is 0. The van der Waals surface area contributed by atoms with E-state index in [2.05, 4.69) is 36.1 Å². The number of nitrogens with zero attached hydrogens (tertiary/aromatic N) is 2. The van der Waals surface area contributed by atoms with Crippen molar-refractivity contribution in [1.82, 2.24) is 9.80 Å². The van der Waals surface area contributed by atoms with Crippen molar-refractivity contribution in [3.63, 3.8) is 0 Å². The largest absolute Gasteiger partial charge is 0.493 e. The third-order valence-corrected chi connectivity index (χ3v) is 6.73. The fraction of sp³-hybridized carbons (Fsp3) is 0.346. The number of rotatable bonds is 7. The number of aryl methyl sites for hydroxylation is 2. The van der Waals surface area contributed by atoms with Gasteiger partial charge >= 0.3 is 0 Å². The van der Waals surface area contributed by atoms with Crippen molar-refractivity contribution in [2.75, 3.05) is 33.3 Å². The molecule has 2 heterocycles. The van der Waals surface area contributed by atoms with Crippen LogP contribution in [0.25, 0.3) is 0 Å². The molecular weight excluding hydrogens is 420 g/mol. The molecule has 0 aliphatic carbocycles. The van der Waals surface area contributed by atoms with Crippen LogP contribution >= 0.6 is 11.3 Å². The second kappa shape index (κ2) is 10.2. The van der Waals surface area contributed by atoms with Crippen LogP contribution in [0.2, 0.25) is 0 Å². The molecule has 0 atom stereocenters. The number of thiophene rings is 1. The van der Waals surface area contributed by atoms with Crippen LogP contribution in [0.1, 0.15) is 31.9 Å². The summed E-state index contributed by atoms with van der Waals surface area (Å²) >= 11 is 1.49. The Morgan fingerprint density at radius 1 is 0.906 bits per heavy atom. The van der Waals surface area contributed by atoms with Gasteiger partial charge in [0.15, 0.2) is 11.5 Å². The van der Waals surface area contributed by atoms with Gasteiger partial charge < -0.3 is 14.4 Å². The molecule has 0 N–H and O–H groups in total. The van der Waals surface area contributed by atoms with Crippen molar-refractivity contribution in [3.8, 4) is 11.5 Å². The minimum Gasteiger partial charge on any atom is -0.493 e. The smallest absolute Gasteiger partial charge is 0.264 e. The normalized spacial score (nSPS) is 14.4. The highest BCUT2D eigenvalue weighted by atomic mass is 32.1. The molecule has 1 aromatic heterocycles. The van der Waals surface area contributed by atoms with E-state index in [4.69, 9.17) is 9.47 Å². The Morgan fingerprint density at radius 3 is 2.34 bits per heavy atom. The maximum absolute atomic E-state index is 13.0. The molecule has 1 fully saturated rings. The third-order valence-electron chi connectivity index (χ3n) is 5.76.